The van der Waals surface area contributed by atoms with Crippen LogP contribution in [0, 0.1) is 6.92 Å². The Balaban J connectivity index is 2.22. The number of pyridine rings is 1. The van der Waals surface area contributed by atoms with Crippen LogP contribution in [0.2, 0.25) is 0 Å². The number of aryl methyl sites for hydroxylation is 1. The van der Waals surface area contributed by atoms with E-state index in [1.807, 2.05) is 32.9 Å². The summed E-state index contributed by atoms with van der Waals surface area (Å²) in [5.74, 6) is 1.52. The van der Waals surface area contributed by atoms with Crippen LogP contribution in [0.15, 0.2) is 36.5 Å². The molecule has 116 valence electrons. The predicted octanol–water partition coefficient (Wildman–Crippen LogP) is 3.44. The number of carbonyl (C=O) groups excluding carboxylic acids is 1. The first-order valence-corrected chi connectivity index (χ1v) is 7.28. The van der Waals surface area contributed by atoms with E-state index >= 15 is 0 Å². The first kappa shape index (κ1) is 15.8. The van der Waals surface area contributed by atoms with Gasteiger partial charge in [0.15, 0.2) is 11.5 Å². The molecular formula is C17H20N2O3. The highest BCUT2D eigenvalue weighted by Gasteiger charge is 2.12. The molecule has 0 aliphatic carbocycles. The molecule has 1 amide bonds. The van der Waals surface area contributed by atoms with Gasteiger partial charge in [-0.2, -0.15) is 0 Å². The highest BCUT2D eigenvalue weighted by Crippen LogP contribution is 2.28. The third-order valence-corrected chi connectivity index (χ3v) is 3.05. The van der Waals surface area contributed by atoms with Crippen LogP contribution in [0.5, 0.6) is 11.5 Å². The quantitative estimate of drug-likeness (QED) is 0.887. The molecule has 1 aromatic heterocycles. The van der Waals surface area contributed by atoms with Crippen molar-refractivity contribution in [2.75, 3.05) is 18.5 Å². The summed E-state index contributed by atoms with van der Waals surface area (Å²) in [5, 5.41) is 2.80. The minimum atomic E-state index is -0.231. The van der Waals surface area contributed by atoms with Gasteiger partial charge in [0.1, 0.15) is 5.82 Å². The van der Waals surface area contributed by atoms with Crippen LogP contribution in [0.1, 0.15) is 29.8 Å². The summed E-state index contributed by atoms with van der Waals surface area (Å²) in [5.41, 5.74) is 1.41. The third-order valence-electron chi connectivity index (χ3n) is 3.05. The maximum Gasteiger partial charge on any atom is 0.256 e. The number of hydrogen-bond acceptors (Lipinski definition) is 4. The van der Waals surface area contributed by atoms with Gasteiger partial charge >= 0.3 is 0 Å². The molecule has 1 heterocycles. The fourth-order valence-electron chi connectivity index (χ4n) is 1.99. The molecule has 5 nitrogen and oxygen atoms in total. The van der Waals surface area contributed by atoms with Gasteiger partial charge in [0.05, 0.1) is 13.2 Å². The second-order valence-electron chi connectivity index (χ2n) is 4.65. The number of nitrogens with one attached hydrogen (secondary N) is 1. The van der Waals surface area contributed by atoms with Crippen LogP contribution in [0.4, 0.5) is 5.82 Å². The number of rotatable bonds is 6. The van der Waals surface area contributed by atoms with Crippen LogP contribution >= 0.6 is 0 Å². The molecule has 5 heteroatoms. The molecule has 0 fully saturated rings. The molecule has 0 aliphatic heterocycles. The van der Waals surface area contributed by atoms with E-state index in [1.54, 1.807) is 24.4 Å². The second kappa shape index (κ2) is 7.45. The number of carbonyl (C=O) groups is 1. The Morgan fingerprint density at radius 3 is 2.55 bits per heavy atom. The molecular weight excluding hydrogens is 280 g/mol. The van der Waals surface area contributed by atoms with Gasteiger partial charge in [-0.3, -0.25) is 4.79 Å². The second-order valence-corrected chi connectivity index (χ2v) is 4.65. The van der Waals surface area contributed by atoms with Crippen molar-refractivity contribution in [1.82, 2.24) is 4.98 Å². The van der Waals surface area contributed by atoms with Crippen LogP contribution < -0.4 is 14.8 Å². The molecule has 0 saturated carbocycles. The molecule has 0 unspecified atom stereocenters. The number of aromatic nitrogens is 1. The summed E-state index contributed by atoms with van der Waals surface area (Å²) in [6.45, 7) is 6.73. The molecule has 2 aromatic rings. The molecule has 1 N–H and O–H groups in total. The number of nitrogens with zero attached hydrogens (tertiary/aromatic N) is 1. The summed E-state index contributed by atoms with van der Waals surface area (Å²) >= 11 is 0. The lowest BCUT2D eigenvalue weighted by Crippen LogP contribution is -2.14. The van der Waals surface area contributed by atoms with E-state index in [4.69, 9.17) is 9.47 Å². The van der Waals surface area contributed by atoms with E-state index < -0.39 is 0 Å². The Morgan fingerprint density at radius 1 is 1.14 bits per heavy atom. The van der Waals surface area contributed by atoms with Crippen molar-refractivity contribution in [3.05, 3.63) is 47.7 Å². The molecule has 0 radical (unpaired) electrons. The largest absolute Gasteiger partial charge is 0.490 e. The van der Waals surface area contributed by atoms with Gasteiger partial charge in [-0.25, -0.2) is 4.98 Å². The average molecular weight is 300 g/mol. The highest BCUT2D eigenvalue weighted by atomic mass is 16.5. The lowest BCUT2D eigenvalue weighted by Gasteiger charge is -2.12. The lowest BCUT2D eigenvalue weighted by molar-refractivity contribution is 0.102. The molecule has 1 aromatic carbocycles. The van der Waals surface area contributed by atoms with E-state index in [1.165, 1.54) is 0 Å². The maximum atomic E-state index is 12.3. The van der Waals surface area contributed by atoms with Gasteiger partial charge in [-0.1, -0.05) is 6.07 Å². The predicted molar refractivity (Wildman–Crippen MR) is 85.7 cm³/mol. The first-order valence-electron chi connectivity index (χ1n) is 7.28. The minimum absolute atomic E-state index is 0.231. The maximum absolute atomic E-state index is 12.3. The van der Waals surface area contributed by atoms with E-state index in [9.17, 15) is 4.79 Å². The number of hydrogen-bond donors (Lipinski definition) is 1. The van der Waals surface area contributed by atoms with Gasteiger partial charge in [-0.15, -0.1) is 0 Å². The summed E-state index contributed by atoms with van der Waals surface area (Å²) in [4.78, 5) is 16.5. The third kappa shape index (κ3) is 3.75. The molecule has 0 spiro atoms. The van der Waals surface area contributed by atoms with Crippen molar-refractivity contribution >= 4 is 11.7 Å². The normalized spacial score (nSPS) is 10.1. The van der Waals surface area contributed by atoms with Crippen molar-refractivity contribution in [2.24, 2.45) is 0 Å². The molecule has 0 bridgehead atoms. The van der Waals surface area contributed by atoms with Crippen LogP contribution in [-0.2, 0) is 0 Å². The Hall–Kier alpha value is -2.56. The molecule has 22 heavy (non-hydrogen) atoms. The van der Waals surface area contributed by atoms with Crippen molar-refractivity contribution in [3.63, 3.8) is 0 Å². The van der Waals surface area contributed by atoms with Crippen LogP contribution in [0.3, 0.4) is 0 Å². The number of anilines is 1. The topological polar surface area (TPSA) is 60.5 Å². The fourth-order valence-corrected chi connectivity index (χ4v) is 1.99. The zero-order valence-corrected chi connectivity index (χ0v) is 13.1. The van der Waals surface area contributed by atoms with Gasteiger partial charge in [-0.05, 0) is 50.6 Å². The SMILES string of the molecule is CCOc1ccc(C(=O)Nc2ncccc2C)cc1OCC. The van der Waals surface area contributed by atoms with Crippen LogP contribution in [0.25, 0.3) is 0 Å². The molecule has 0 saturated heterocycles. The zero-order chi connectivity index (χ0) is 15.9. The van der Waals surface area contributed by atoms with E-state index in [2.05, 4.69) is 10.3 Å². The van der Waals surface area contributed by atoms with Crippen LogP contribution in [-0.4, -0.2) is 24.1 Å². The average Bonchev–Trinajstić information content (AvgIpc) is 2.51. The van der Waals surface area contributed by atoms with Crippen molar-refractivity contribution in [1.29, 1.82) is 0 Å². The number of amides is 1. The summed E-state index contributed by atoms with van der Waals surface area (Å²) in [6, 6.07) is 8.86. The zero-order valence-electron chi connectivity index (χ0n) is 13.1. The highest BCUT2D eigenvalue weighted by molar-refractivity contribution is 6.04. The first-order chi connectivity index (χ1) is 10.7. The minimum Gasteiger partial charge on any atom is -0.490 e. The Labute approximate surface area is 130 Å². The van der Waals surface area contributed by atoms with Gasteiger partial charge in [0.25, 0.3) is 5.91 Å². The fraction of sp³-hybridized carbons (Fsp3) is 0.294. The van der Waals surface area contributed by atoms with Crippen molar-refractivity contribution in [2.45, 2.75) is 20.8 Å². The Bertz CT molecular complexity index is 656. The standard InChI is InChI=1S/C17H20N2O3/c1-4-21-14-9-8-13(11-15(14)22-5-2)17(20)19-16-12(3)7-6-10-18-16/h6-11H,4-5H2,1-3H3,(H,18,19,20). The monoisotopic (exact) mass is 300 g/mol. The van der Waals surface area contributed by atoms with E-state index in [0.717, 1.165) is 5.56 Å². The van der Waals surface area contributed by atoms with E-state index in [-0.39, 0.29) is 5.91 Å². The Morgan fingerprint density at radius 2 is 1.86 bits per heavy atom. The summed E-state index contributed by atoms with van der Waals surface area (Å²) in [6.07, 6.45) is 1.65. The number of benzene rings is 1. The molecule has 0 atom stereocenters. The molecule has 0 aliphatic rings. The summed E-state index contributed by atoms with van der Waals surface area (Å²) < 4.78 is 11.0. The summed E-state index contributed by atoms with van der Waals surface area (Å²) in [7, 11) is 0. The lowest BCUT2D eigenvalue weighted by atomic mass is 10.2. The van der Waals surface area contributed by atoms with Gasteiger partial charge < -0.3 is 14.8 Å². The van der Waals surface area contributed by atoms with Gasteiger partial charge in [0, 0.05) is 11.8 Å². The van der Waals surface area contributed by atoms with Crippen molar-refractivity contribution < 1.29 is 14.3 Å². The Kier molecular flexibility index (Phi) is 5.36. The van der Waals surface area contributed by atoms with E-state index in [0.29, 0.717) is 36.1 Å². The molecule has 2 rings (SSSR count). The smallest absolute Gasteiger partial charge is 0.256 e. The van der Waals surface area contributed by atoms with Crippen molar-refractivity contribution in [3.8, 4) is 11.5 Å². The van der Waals surface area contributed by atoms with Gasteiger partial charge in [0.2, 0.25) is 0 Å². The number of ether oxygens (including phenoxy) is 2.